The molecule has 0 saturated carbocycles. The molecule has 1 N–H and O–H groups in total. The minimum absolute atomic E-state index is 0.615. The number of hydrogen-bond donors (Lipinski definition) is 1. The third kappa shape index (κ3) is 1.74. The molecule has 0 bridgehead atoms. The van der Waals surface area contributed by atoms with Gasteiger partial charge in [-0.3, -0.25) is 0 Å². The summed E-state index contributed by atoms with van der Waals surface area (Å²) < 4.78 is 0. The topological polar surface area (TPSA) is 15.3 Å². The van der Waals surface area contributed by atoms with Crippen LogP contribution in [0.25, 0.3) is 0 Å². The van der Waals surface area contributed by atoms with Gasteiger partial charge in [0.15, 0.2) is 0 Å². The molecular formula is C9H18N2. The van der Waals surface area contributed by atoms with Crippen LogP contribution >= 0.6 is 0 Å². The van der Waals surface area contributed by atoms with Crippen LogP contribution in [-0.2, 0) is 0 Å². The second-order valence-corrected chi connectivity index (χ2v) is 3.48. The second kappa shape index (κ2) is 3.26. The molecule has 1 aliphatic rings. The Balaban J connectivity index is 2.67. The van der Waals surface area contributed by atoms with E-state index >= 15 is 0 Å². The third-order valence-corrected chi connectivity index (χ3v) is 2.56. The molecule has 0 aromatic heterocycles. The lowest BCUT2D eigenvalue weighted by molar-refractivity contribution is 0.256. The molecule has 1 rings (SSSR count). The van der Waals surface area contributed by atoms with Gasteiger partial charge in [0.2, 0.25) is 0 Å². The van der Waals surface area contributed by atoms with Crippen LogP contribution in [0, 0.1) is 0 Å². The van der Waals surface area contributed by atoms with E-state index in [0.717, 1.165) is 0 Å². The molecule has 0 fully saturated rings. The maximum atomic E-state index is 3.33. The van der Waals surface area contributed by atoms with Crippen LogP contribution in [0.2, 0.25) is 0 Å². The highest BCUT2D eigenvalue weighted by Gasteiger charge is 2.22. The zero-order chi connectivity index (χ0) is 8.43. The molecule has 0 aromatic rings. The van der Waals surface area contributed by atoms with E-state index in [1.165, 1.54) is 12.0 Å². The maximum absolute atomic E-state index is 3.33. The first-order valence-corrected chi connectivity index (χ1v) is 4.21. The van der Waals surface area contributed by atoms with E-state index < -0.39 is 0 Å². The summed E-state index contributed by atoms with van der Waals surface area (Å²) in [5, 5.41) is 3.33. The lowest BCUT2D eigenvalue weighted by atomic mass is 9.97. The fraction of sp³-hybridized carbons (Fsp3) is 0.778. The predicted molar refractivity (Wildman–Crippen MR) is 48.4 cm³/mol. The fourth-order valence-electron chi connectivity index (χ4n) is 1.66. The highest BCUT2D eigenvalue weighted by Crippen LogP contribution is 2.18. The minimum Gasteiger partial charge on any atom is -0.376 e. The SMILES string of the molecule is CNC1CC(C)=CN(C)C1C. The van der Waals surface area contributed by atoms with E-state index in [4.69, 9.17) is 0 Å². The monoisotopic (exact) mass is 154 g/mol. The highest BCUT2D eigenvalue weighted by molar-refractivity contribution is 5.07. The molecule has 0 spiro atoms. The molecule has 0 radical (unpaired) electrons. The van der Waals surface area contributed by atoms with Crippen molar-refractivity contribution in [2.75, 3.05) is 14.1 Å². The van der Waals surface area contributed by atoms with Gasteiger partial charge >= 0.3 is 0 Å². The van der Waals surface area contributed by atoms with E-state index in [2.05, 4.69) is 37.3 Å². The van der Waals surface area contributed by atoms with E-state index in [1.54, 1.807) is 0 Å². The number of nitrogens with one attached hydrogen (secondary N) is 1. The summed E-state index contributed by atoms with van der Waals surface area (Å²) in [4.78, 5) is 2.28. The zero-order valence-electron chi connectivity index (χ0n) is 7.89. The quantitative estimate of drug-likeness (QED) is 0.610. The van der Waals surface area contributed by atoms with Gasteiger partial charge in [0.25, 0.3) is 0 Å². The standard InChI is InChI=1S/C9H18N2/c1-7-5-9(10-3)8(2)11(4)6-7/h6,8-10H,5H2,1-4H3. The van der Waals surface area contributed by atoms with E-state index in [-0.39, 0.29) is 0 Å². The molecule has 1 aliphatic heterocycles. The van der Waals surface area contributed by atoms with Crippen LogP contribution in [0.15, 0.2) is 11.8 Å². The lowest BCUT2D eigenvalue weighted by Gasteiger charge is -2.36. The van der Waals surface area contributed by atoms with Crippen molar-refractivity contribution in [1.29, 1.82) is 0 Å². The molecule has 2 heteroatoms. The molecular weight excluding hydrogens is 136 g/mol. The Kier molecular flexibility index (Phi) is 2.55. The van der Waals surface area contributed by atoms with Crippen molar-refractivity contribution in [2.24, 2.45) is 0 Å². The number of nitrogens with zero attached hydrogens (tertiary/aromatic N) is 1. The molecule has 11 heavy (non-hydrogen) atoms. The van der Waals surface area contributed by atoms with Crippen molar-refractivity contribution in [3.8, 4) is 0 Å². The predicted octanol–water partition coefficient (Wildman–Crippen LogP) is 1.20. The van der Waals surface area contributed by atoms with Crippen molar-refractivity contribution in [1.82, 2.24) is 10.2 Å². The van der Waals surface area contributed by atoms with Crippen LogP contribution in [0.4, 0.5) is 0 Å². The van der Waals surface area contributed by atoms with Crippen molar-refractivity contribution in [2.45, 2.75) is 32.4 Å². The molecule has 0 amide bonds. The zero-order valence-corrected chi connectivity index (χ0v) is 7.89. The van der Waals surface area contributed by atoms with Crippen LogP contribution in [0.1, 0.15) is 20.3 Å². The van der Waals surface area contributed by atoms with E-state index in [1.807, 2.05) is 7.05 Å². The Morgan fingerprint density at radius 3 is 2.82 bits per heavy atom. The summed E-state index contributed by atoms with van der Waals surface area (Å²) >= 11 is 0. The Bertz CT molecular complexity index is 163. The smallest absolute Gasteiger partial charge is 0.0409 e. The van der Waals surface area contributed by atoms with Crippen molar-refractivity contribution in [3.63, 3.8) is 0 Å². The van der Waals surface area contributed by atoms with Crippen LogP contribution in [0.3, 0.4) is 0 Å². The fourth-order valence-corrected chi connectivity index (χ4v) is 1.66. The highest BCUT2D eigenvalue weighted by atomic mass is 15.1. The van der Waals surface area contributed by atoms with Crippen LogP contribution < -0.4 is 5.32 Å². The van der Waals surface area contributed by atoms with Gasteiger partial charge in [-0.25, -0.2) is 0 Å². The van der Waals surface area contributed by atoms with Crippen LogP contribution in [-0.4, -0.2) is 31.1 Å². The first-order valence-electron chi connectivity index (χ1n) is 4.21. The summed E-state index contributed by atoms with van der Waals surface area (Å²) in [7, 11) is 4.17. The first kappa shape index (κ1) is 8.60. The van der Waals surface area contributed by atoms with Crippen molar-refractivity contribution < 1.29 is 0 Å². The minimum atomic E-state index is 0.615. The maximum Gasteiger partial charge on any atom is 0.0409 e. The van der Waals surface area contributed by atoms with Gasteiger partial charge in [-0.05, 0) is 33.5 Å². The average molecular weight is 154 g/mol. The Labute approximate surface area is 69.3 Å². The second-order valence-electron chi connectivity index (χ2n) is 3.48. The summed E-state index contributed by atoms with van der Waals surface area (Å²) in [6, 6.07) is 1.23. The Morgan fingerprint density at radius 1 is 1.64 bits per heavy atom. The summed E-state index contributed by atoms with van der Waals surface area (Å²) in [6.45, 7) is 4.44. The Morgan fingerprint density at radius 2 is 2.27 bits per heavy atom. The largest absolute Gasteiger partial charge is 0.376 e. The number of likely N-dealkylation sites (N-methyl/N-ethyl adjacent to an activating group) is 2. The molecule has 1 heterocycles. The van der Waals surface area contributed by atoms with Gasteiger partial charge in [0, 0.05) is 19.1 Å². The summed E-state index contributed by atoms with van der Waals surface area (Å²) in [6.07, 6.45) is 3.42. The van der Waals surface area contributed by atoms with Gasteiger partial charge in [-0.2, -0.15) is 0 Å². The molecule has 0 saturated heterocycles. The van der Waals surface area contributed by atoms with Crippen molar-refractivity contribution in [3.05, 3.63) is 11.8 Å². The molecule has 2 atom stereocenters. The average Bonchev–Trinajstić information content (AvgIpc) is 1.96. The number of rotatable bonds is 1. The van der Waals surface area contributed by atoms with Crippen molar-refractivity contribution >= 4 is 0 Å². The van der Waals surface area contributed by atoms with Crippen LogP contribution in [0.5, 0.6) is 0 Å². The van der Waals surface area contributed by atoms with Gasteiger partial charge in [0.1, 0.15) is 0 Å². The van der Waals surface area contributed by atoms with E-state index in [0.29, 0.717) is 12.1 Å². The van der Waals surface area contributed by atoms with E-state index in [9.17, 15) is 0 Å². The summed E-state index contributed by atoms with van der Waals surface area (Å²) in [5.74, 6) is 0. The lowest BCUT2D eigenvalue weighted by Crippen LogP contribution is -2.46. The molecule has 0 aliphatic carbocycles. The van der Waals surface area contributed by atoms with Gasteiger partial charge in [0.05, 0.1) is 0 Å². The summed E-state index contributed by atoms with van der Waals surface area (Å²) in [5.41, 5.74) is 1.46. The number of hydrogen-bond acceptors (Lipinski definition) is 2. The molecule has 64 valence electrons. The van der Waals surface area contributed by atoms with Gasteiger partial charge < -0.3 is 10.2 Å². The molecule has 2 nitrogen and oxygen atoms in total. The van der Waals surface area contributed by atoms with Gasteiger partial charge in [-0.1, -0.05) is 5.57 Å². The normalized spacial score (nSPS) is 32.0. The molecule has 0 aromatic carbocycles. The third-order valence-electron chi connectivity index (χ3n) is 2.56. The first-order chi connectivity index (χ1) is 5.15. The Hall–Kier alpha value is -0.500. The molecule has 2 unspecified atom stereocenters. The van der Waals surface area contributed by atoms with Gasteiger partial charge in [-0.15, -0.1) is 0 Å².